The second-order valence-corrected chi connectivity index (χ2v) is 9.60. The summed E-state index contributed by atoms with van der Waals surface area (Å²) in [6.07, 6.45) is 0.553. The predicted octanol–water partition coefficient (Wildman–Crippen LogP) is 3.11. The lowest BCUT2D eigenvalue weighted by molar-refractivity contribution is -0.139. The first-order valence-electron chi connectivity index (χ1n) is 11.3. The van der Waals surface area contributed by atoms with Gasteiger partial charge in [-0.3, -0.25) is 14.4 Å². The first-order valence-corrected chi connectivity index (χ1v) is 11.3. The molecule has 1 aliphatic heterocycles. The molecule has 2 aromatic rings. The largest absolute Gasteiger partial charge is 0.493 e. The molecule has 3 rings (SSSR count). The second-order valence-electron chi connectivity index (χ2n) is 9.60. The molecule has 2 amide bonds. The maximum Gasteiger partial charge on any atom is 0.320 e. The molecule has 5 N–H and O–H groups in total. The average molecular weight is 486 g/mol. The van der Waals surface area contributed by atoms with Crippen molar-refractivity contribution in [3.8, 4) is 11.5 Å². The number of carboxylic acids is 1. The number of carbonyl (C=O) groups is 3. The van der Waals surface area contributed by atoms with Crippen molar-refractivity contribution in [3.05, 3.63) is 59.2 Å². The van der Waals surface area contributed by atoms with E-state index in [2.05, 4.69) is 0 Å². The molecule has 0 spiro atoms. The molecule has 190 valence electrons. The summed E-state index contributed by atoms with van der Waals surface area (Å²) in [6, 6.07) is 11.6. The van der Waals surface area contributed by atoms with Crippen LogP contribution in [0.25, 0.3) is 0 Å². The number of nitrogens with two attached hydrogens (primary N) is 2. The van der Waals surface area contributed by atoms with Crippen molar-refractivity contribution in [2.75, 3.05) is 14.2 Å². The Kier molecular flexibility index (Phi) is 9.25. The monoisotopic (exact) mass is 485 g/mol. The number of amides is 2. The molecule has 9 heteroatoms. The van der Waals surface area contributed by atoms with Gasteiger partial charge in [-0.2, -0.15) is 0 Å². The van der Waals surface area contributed by atoms with E-state index in [1.54, 1.807) is 37.3 Å². The summed E-state index contributed by atoms with van der Waals surface area (Å²) >= 11 is 0. The lowest BCUT2D eigenvalue weighted by Crippen LogP contribution is -2.34. The van der Waals surface area contributed by atoms with Crippen LogP contribution in [0.3, 0.4) is 0 Å². The molecule has 1 aliphatic rings. The Morgan fingerprint density at radius 1 is 1.09 bits per heavy atom. The summed E-state index contributed by atoms with van der Waals surface area (Å²) in [5.74, 6) is -0.367. The van der Waals surface area contributed by atoms with Crippen LogP contribution in [0.2, 0.25) is 0 Å². The van der Waals surface area contributed by atoms with E-state index in [1.165, 1.54) is 0 Å². The molecule has 0 bridgehead atoms. The first kappa shape index (κ1) is 27.7. The third-order valence-corrected chi connectivity index (χ3v) is 5.56. The standard InChI is InChI=1S/C19H20N2O4.C7H15NO2/c1-24-16-8-7-12(9-17(16)25-2)15(10-18(20)22)21-11-13-5-3-4-6-14(13)19(21)23;1-7(2,3)4-5(8)6(9)10/h3-9,15H,10-11H2,1-2H3,(H2,20,22);5H,4,8H2,1-3H3,(H,9,10). The van der Waals surface area contributed by atoms with E-state index in [0.29, 0.717) is 30.0 Å². The number of hydrogen-bond donors (Lipinski definition) is 3. The number of benzene rings is 2. The lowest BCUT2D eigenvalue weighted by atomic mass is 9.88. The maximum atomic E-state index is 12.8. The fourth-order valence-electron chi connectivity index (χ4n) is 3.93. The quantitative estimate of drug-likeness (QED) is 0.521. The van der Waals surface area contributed by atoms with Gasteiger partial charge >= 0.3 is 5.97 Å². The molecule has 0 saturated carbocycles. The van der Waals surface area contributed by atoms with Gasteiger partial charge in [0.1, 0.15) is 6.04 Å². The van der Waals surface area contributed by atoms with Crippen LogP contribution < -0.4 is 20.9 Å². The smallest absolute Gasteiger partial charge is 0.320 e. The molecule has 0 aliphatic carbocycles. The molecule has 35 heavy (non-hydrogen) atoms. The van der Waals surface area contributed by atoms with Crippen molar-refractivity contribution in [2.24, 2.45) is 16.9 Å². The zero-order chi connectivity index (χ0) is 26.3. The molecule has 0 saturated heterocycles. The van der Waals surface area contributed by atoms with E-state index in [9.17, 15) is 14.4 Å². The van der Waals surface area contributed by atoms with Crippen LogP contribution in [0.5, 0.6) is 11.5 Å². The van der Waals surface area contributed by atoms with E-state index in [1.807, 2.05) is 45.0 Å². The highest BCUT2D eigenvalue weighted by molar-refractivity contribution is 5.98. The SMILES string of the molecule is CC(C)(C)CC(N)C(=O)O.COc1ccc(C(CC(N)=O)N2Cc3ccccc3C2=O)cc1OC. The van der Waals surface area contributed by atoms with Crippen molar-refractivity contribution in [1.29, 1.82) is 0 Å². The number of hydrogen-bond acceptors (Lipinski definition) is 6. The third kappa shape index (κ3) is 7.45. The van der Waals surface area contributed by atoms with Crippen LogP contribution in [-0.4, -0.2) is 48.1 Å². The van der Waals surface area contributed by atoms with Crippen LogP contribution in [0, 0.1) is 5.41 Å². The summed E-state index contributed by atoms with van der Waals surface area (Å²) in [4.78, 5) is 36.3. The average Bonchev–Trinajstić information content (AvgIpc) is 3.12. The highest BCUT2D eigenvalue weighted by atomic mass is 16.5. The van der Waals surface area contributed by atoms with Gasteiger partial charge in [-0.05, 0) is 41.2 Å². The molecule has 2 unspecified atom stereocenters. The van der Waals surface area contributed by atoms with E-state index in [4.69, 9.17) is 26.0 Å². The molecule has 0 fully saturated rings. The Balaban J connectivity index is 0.000000367. The molecular weight excluding hydrogens is 450 g/mol. The van der Waals surface area contributed by atoms with Gasteiger partial charge in [0.25, 0.3) is 5.91 Å². The van der Waals surface area contributed by atoms with E-state index in [-0.39, 0.29) is 17.7 Å². The van der Waals surface area contributed by atoms with Crippen molar-refractivity contribution < 1.29 is 29.0 Å². The van der Waals surface area contributed by atoms with E-state index in [0.717, 1.165) is 11.1 Å². The highest BCUT2D eigenvalue weighted by Gasteiger charge is 2.34. The lowest BCUT2D eigenvalue weighted by Gasteiger charge is -2.28. The first-order chi connectivity index (χ1) is 16.4. The molecule has 0 radical (unpaired) electrons. The Bertz CT molecular complexity index is 1060. The Hall–Kier alpha value is -3.59. The summed E-state index contributed by atoms with van der Waals surface area (Å²) in [5, 5.41) is 8.42. The summed E-state index contributed by atoms with van der Waals surface area (Å²) in [7, 11) is 3.10. The van der Waals surface area contributed by atoms with Crippen LogP contribution in [0.15, 0.2) is 42.5 Å². The minimum atomic E-state index is -0.921. The highest BCUT2D eigenvalue weighted by Crippen LogP contribution is 2.37. The number of nitrogens with zero attached hydrogens (tertiary/aromatic N) is 1. The van der Waals surface area contributed by atoms with Crippen LogP contribution in [-0.2, 0) is 16.1 Å². The minimum Gasteiger partial charge on any atom is -0.493 e. The molecule has 1 heterocycles. The van der Waals surface area contributed by atoms with Crippen molar-refractivity contribution in [3.63, 3.8) is 0 Å². The van der Waals surface area contributed by atoms with Gasteiger partial charge in [-0.25, -0.2) is 0 Å². The molecule has 2 aromatic carbocycles. The van der Waals surface area contributed by atoms with E-state index < -0.39 is 24.0 Å². The van der Waals surface area contributed by atoms with Gasteiger partial charge in [0, 0.05) is 12.1 Å². The number of carboxylic acid groups (broad SMARTS) is 1. The molecular formula is C26H35N3O6. The van der Waals surface area contributed by atoms with Crippen LogP contribution in [0.4, 0.5) is 0 Å². The maximum absolute atomic E-state index is 12.8. The van der Waals surface area contributed by atoms with Crippen molar-refractivity contribution in [2.45, 2.75) is 52.2 Å². The van der Waals surface area contributed by atoms with Gasteiger partial charge in [-0.1, -0.05) is 45.0 Å². The van der Waals surface area contributed by atoms with Crippen LogP contribution in [0.1, 0.15) is 61.1 Å². The normalized spacial score (nSPS) is 14.3. The summed E-state index contributed by atoms with van der Waals surface area (Å²) in [5.41, 5.74) is 13.1. The second kappa shape index (κ2) is 11.7. The number of ether oxygens (including phenoxy) is 2. The van der Waals surface area contributed by atoms with Gasteiger partial charge in [0.15, 0.2) is 11.5 Å². The minimum absolute atomic E-state index is 0.00218. The van der Waals surface area contributed by atoms with Gasteiger partial charge < -0.3 is 30.9 Å². The van der Waals surface area contributed by atoms with Crippen molar-refractivity contribution >= 4 is 17.8 Å². The fraction of sp³-hybridized carbons (Fsp3) is 0.423. The predicted molar refractivity (Wildman–Crippen MR) is 132 cm³/mol. The van der Waals surface area contributed by atoms with E-state index >= 15 is 0 Å². The van der Waals surface area contributed by atoms with Gasteiger partial charge in [-0.15, -0.1) is 0 Å². The van der Waals surface area contributed by atoms with Crippen molar-refractivity contribution in [1.82, 2.24) is 4.90 Å². The number of aliphatic carboxylic acids is 1. The number of methoxy groups -OCH3 is 2. The zero-order valence-corrected chi connectivity index (χ0v) is 20.9. The summed E-state index contributed by atoms with van der Waals surface area (Å²) in [6.45, 7) is 6.35. The van der Waals surface area contributed by atoms with Gasteiger partial charge in [0.2, 0.25) is 5.91 Å². The zero-order valence-electron chi connectivity index (χ0n) is 20.9. The molecule has 9 nitrogen and oxygen atoms in total. The number of carbonyl (C=O) groups excluding carboxylic acids is 2. The van der Waals surface area contributed by atoms with Crippen LogP contribution >= 0.6 is 0 Å². The number of rotatable bonds is 8. The fourth-order valence-corrected chi connectivity index (χ4v) is 3.93. The Morgan fingerprint density at radius 3 is 2.20 bits per heavy atom. The number of fused-ring (bicyclic) bond motifs is 1. The third-order valence-electron chi connectivity index (χ3n) is 5.56. The van der Waals surface area contributed by atoms with Gasteiger partial charge in [0.05, 0.1) is 26.7 Å². The molecule has 2 atom stereocenters. The summed E-state index contributed by atoms with van der Waals surface area (Å²) < 4.78 is 10.6. The Morgan fingerprint density at radius 2 is 1.71 bits per heavy atom. The topological polar surface area (TPSA) is 145 Å². The molecule has 0 aromatic heterocycles. The number of primary amides is 1. The Labute approximate surface area is 206 Å².